The molecule has 1 aromatic rings. The molecule has 1 aromatic heterocycles. The lowest BCUT2D eigenvalue weighted by atomic mass is 9.98. The summed E-state index contributed by atoms with van der Waals surface area (Å²) in [6.07, 6.45) is 4.33. The first kappa shape index (κ1) is 3.24. The van der Waals surface area contributed by atoms with Gasteiger partial charge in [-0.25, -0.2) is 0 Å². The molecule has 0 bridgehead atoms. The molecule has 0 unspecified atom stereocenters. The van der Waals surface area contributed by atoms with Crippen molar-refractivity contribution >= 4 is 0 Å². The summed E-state index contributed by atoms with van der Waals surface area (Å²) >= 11 is 0. The molecule has 36 valence electrons. The normalized spacial score (nSPS) is 15.4. The molecule has 2 nitrogen and oxygen atoms in total. The standard InChI is InChI=1S/C5H6N2/c1-2-5-4(1)3-6-7-5/h3H,1-2H2,(H,6,7). The zero-order valence-electron chi connectivity index (χ0n) is 3.94. The molecule has 0 amide bonds. The fourth-order valence-electron chi connectivity index (χ4n) is 0.853. The van der Waals surface area contributed by atoms with Crippen molar-refractivity contribution in [3.05, 3.63) is 17.5 Å². The summed E-state index contributed by atoms with van der Waals surface area (Å²) < 4.78 is 0. The number of fused-ring (bicyclic) bond motifs is 1. The van der Waals surface area contributed by atoms with E-state index < -0.39 is 0 Å². The summed E-state index contributed by atoms with van der Waals surface area (Å²) in [5, 5.41) is 6.76. The van der Waals surface area contributed by atoms with Crippen LogP contribution in [0.2, 0.25) is 0 Å². The molecule has 2 rings (SSSR count). The van der Waals surface area contributed by atoms with Gasteiger partial charge < -0.3 is 0 Å². The number of nitrogens with zero attached hydrogens (tertiary/aromatic N) is 1. The Morgan fingerprint density at radius 1 is 1.57 bits per heavy atom. The van der Waals surface area contributed by atoms with Gasteiger partial charge in [-0.05, 0) is 18.4 Å². The Hall–Kier alpha value is -0.790. The van der Waals surface area contributed by atoms with Gasteiger partial charge in [0.25, 0.3) is 0 Å². The highest BCUT2D eigenvalue weighted by Crippen LogP contribution is 2.17. The maximum absolute atomic E-state index is 3.86. The van der Waals surface area contributed by atoms with E-state index in [1.54, 1.807) is 0 Å². The molecule has 0 spiro atoms. The summed E-state index contributed by atoms with van der Waals surface area (Å²) in [6.45, 7) is 0. The Balaban J connectivity index is 2.69. The van der Waals surface area contributed by atoms with Gasteiger partial charge in [0.05, 0.1) is 6.20 Å². The van der Waals surface area contributed by atoms with Crippen LogP contribution in [0.25, 0.3) is 0 Å². The highest BCUT2D eigenvalue weighted by atomic mass is 15.1. The van der Waals surface area contributed by atoms with Crippen LogP contribution in [0.1, 0.15) is 11.3 Å². The first-order valence-electron chi connectivity index (χ1n) is 2.48. The third-order valence-corrected chi connectivity index (χ3v) is 1.45. The van der Waals surface area contributed by atoms with E-state index in [0.717, 1.165) is 0 Å². The summed E-state index contributed by atoms with van der Waals surface area (Å²) in [5.41, 5.74) is 2.74. The lowest BCUT2D eigenvalue weighted by Crippen LogP contribution is -2.04. The van der Waals surface area contributed by atoms with Gasteiger partial charge in [-0.3, -0.25) is 5.10 Å². The minimum Gasteiger partial charge on any atom is -0.282 e. The number of hydrogen-bond acceptors (Lipinski definition) is 1. The molecule has 1 N–H and O–H groups in total. The van der Waals surface area contributed by atoms with Gasteiger partial charge in [0, 0.05) is 5.69 Å². The Labute approximate surface area is 41.6 Å². The topological polar surface area (TPSA) is 28.7 Å². The molecule has 0 saturated heterocycles. The van der Waals surface area contributed by atoms with Crippen molar-refractivity contribution < 1.29 is 0 Å². The van der Waals surface area contributed by atoms with Crippen molar-refractivity contribution in [2.75, 3.05) is 0 Å². The second kappa shape index (κ2) is 0.886. The number of rotatable bonds is 0. The first-order valence-corrected chi connectivity index (χ1v) is 2.48. The second-order valence-electron chi connectivity index (χ2n) is 1.87. The molecule has 1 heterocycles. The molecular formula is C5H6N2. The second-order valence-corrected chi connectivity index (χ2v) is 1.87. The van der Waals surface area contributed by atoms with Crippen LogP contribution in [0.15, 0.2) is 6.20 Å². The van der Waals surface area contributed by atoms with E-state index in [-0.39, 0.29) is 0 Å². The van der Waals surface area contributed by atoms with Gasteiger partial charge >= 0.3 is 0 Å². The molecule has 0 saturated carbocycles. The molecular weight excluding hydrogens is 88.1 g/mol. The molecule has 1 aliphatic carbocycles. The summed E-state index contributed by atoms with van der Waals surface area (Å²) in [5.74, 6) is 0. The smallest absolute Gasteiger partial charge is 0.0522 e. The predicted molar refractivity (Wildman–Crippen MR) is 26.0 cm³/mol. The van der Waals surface area contributed by atoms with Crippen LogP contribution in [-0.4, -0.2) is 10.2 Å². The van der Waals surface area contributed by atoms with Gasteiger partial charge in [-0.1, -0.05) is 0 Å². The Morgan fingerprint density at radius 3 is 2.86 bits per heavy atom. The molecule has 0 aromatic carbocycles. The van der Waals surface area contributed by atoms with Crippen LogP contribution in [0.3, 0.4) is 0 Å². The molecule has 0 atom stereocenters. The number of H-pyrrole nitrogens is 1. The van der Waals surface area contributed by atoms with Crippen LogP contribution in [0.5, 0.6) is 0 Å². The Morgan fingerprint density at radius 2 is 2.57 bits per heavy atom. The molecule has 2 heteroatoms. The number of hydrogen-bond donors (Lipinski definition) is 1. The van der Waals surface area contributed by atoms with E-state index in [4.69, 9.17) is 0 Å². The van der Waals surface area contributed by atoms with Crippen molar-refractivity contribution in [2.45, 2.75) is 12.8 Å². The van der Waals surface area contributed by atoms with Crippen LogP contribution < -0.4 is 0 Å². The van der Waals surface area contributed by atoms with Gasteiger partial charge in [-0.15, -0.1) is 0 Å². The van der Waals surface area contributed by atoms with E-state index in [1.165, 1.54) is 24.1 Å². The van der Waals surface area contributed by atoms with Gasteiger partial charge in [-0.2, -0.15) is 5.10 Å². The minimum absolute atomic E-state index is 1.20. The maximum atomic E-state index is 3.86. The molecule has 0 radical (unpaired) electrons. The quantitative estimate of drug-likeness (QED) is 0.498. The average molecular weight is 94.1 g/mol. The number of aromatic amines is 1. The first-order chi connectivity index (χ1) is 3.47. The van der Waals surface area contributed by atoms with Crippen molar-refractivity contribution in [1.82, 2.24) is 10.2 Å². The SMILES string of the molecule is c1n[nH]c2c1CC2. The van der Waals surface area contributed by atoms with E-state index in [0.29, 0.717) is 0 Å². The molecule has 1 aliphatic rings. The summed E-state index contributed by atoms with van der Waals surface area (Å²) in [7, 11) is 0. The fourth-order valence-corrected chi connectivity index (χ4v) is 0.853. The molecule has 7 heavy (non-hydrogen) atoms. The summed E-state index contributed by atoms with van der Waals surface area (Å²) in [4.78, 5) is 0. The highest BCUT2D eigenvalue weighted by molar-refractivity contribution is 5.25. The highest BCUT2D eigenvalue weighted by Gasteiger charge is 2.12. The number of aryl methyl sites for hydroxylation is 2. The zero-order valence-corrected chi connectivity index (χ0v) is 3.94. The predicted octanol–water partition coefficient (Wildman–Crippen LogP) is 0.508. The van der Waals surface area contributed by atoms with Crippen LogP contribution in [-0.2, 0) is 12.8 Å². The monoisotopic (exact) mass is 94.1 g/mol. The Bertz CT molecular complexity index is 159. The van der Waals surface area contributed by atoms with Crippen molar-refractivity contribution in [1.29, 1.82) is 0 Å². The maximum Gasteiger partial charge on any atom is 0.0522 e. The minimum atomic E-state index is 1.20. The average Bonchev–Trinajstić information content (AvgIpc) is 1.85. The lowest BCUT2D eigenvalue weighted by molar-refractivity contribution is 0.805. The van der Waals surface area contributed by atoms with E-state index >= 15 is 0 Å². The largest absolute Gasteiger partial charge is 0.282 e. The third-order valence-electron chi connectivity index (χ3n) is 1.45. The Kier molecular flexibility index (Phi) is 0.410. The molecule has 0 aliphatic heterocycles. The van der Waals surface area contributed by atoms with Gasteiger partial charge in [0.15, 0.2) is 0 Å². The van der Waals surface area contributed by atoms with E-state index in [9.17, 15) is 0 Å². The van der Waals surface area contributed by atoms with Crippen molar-refractivity contribution in [3.63, 3.8) is 0 Å². The van der Waals surface area contributed by atoms with E-state index in [1.807, 2.05) is 6.20 Å². The van der Waals surface area contributed by atoms with E-state index in [2.05, 4.69) is 10.2 Å². The van der Waals surface area contributed by atoms with Gasteiger partial charge in [0.2, 0.25) is 0 Å². The summed E-state index contributed by atoms with van der Waals surface area (Å²) in [6, 6.07) is 0. The van der Waals surface area contributed by atoms with Crippen LogP contribution in [0, 0.1) is 0 Å². The number of nitrogens with one attached hydrogen (secondary N) is 1. The molecule has 0 fully saturated rings. The van der Waals surface area contributed by atoms with Crippen molar-refractivity contribution in [2.24, 2.45) is 0 Å². The van der Waals surface area contributed by atoms with Gasteiger partial charge in [0.1, 0.15) is 0 Å². The lowest BCUT2D eigenvalue weighted by Gasteiger charge is -2.08. The van der Waals surface area contributed by atoms with Crippen molar-refractivity contribution in [3.8, 4) is 0 Å². The van der Waals surface area contributed by atoms with Crippen LogP contribution in [0.4, 0.5) is 0 Å². The third kappa shape index (κ3) is 0.266. The fraction of sp³-hybridized carbons (Fsp3) is 0.400. The van der Waals surface area contributed by atoms with Crippen LogP contribution >= 0.6 is 0 Å². The number of aromatic nitrogens is 2. The zero-order chi connectivity index (χ0) is 4.69.